The van der Waals surface area contributed by atoms with Crippen molar-refractivity contribution in [3.05, 3.63) is 35.4 Å². The predicted octanol–water partition coefficient (Wildman–Crippen LogP) is 4.00. The van der Waals surface area contributed by atoms with Crippen molar-refractivity contribution in [2.24, 2.45) is 0 Å². The summed E-state index contributed by atoms with van der Waals surface area (Å²) in [6, 6.07) is 8.38. The van der Waals surface area contributed by atoms with E-state index < -0.39 is 12.6 Å². The van der Waals surface area contributed by atoms with Gasteiger partial charge in [0.15, 0.2) is 0 Å². The van der Waals surface area contributed by atoms with Crippen LogP contribution in [0.25, 0.3) is 0 Å². The first-order valence-corrected chi connectivity index (χ1v) is 6.41. The molecule has 4 heteroatoms. The normalized spacial score (nSPS) is 15.9. The standard InChI is InChI=1S/C14H18F3N/c15-14(16,17)8-1-9-18-10-11-2-4-12(5-3-11)13-6-7-13/h2-5,13,18H,1,6-10H2. The van der Waals surface area contributed by atoms with Gasteiger partial charge in [-0.05, 0) is 42.9 Å². The maximum absolute atomic E-state index is 11.9. The zero-order valence-corrected chi connectivity index (χ0v) is 10.3. The van der Waals surface area contributed by atoms with Crippen LogP contribution >= 0.6 is 0 Å². The van der Waals surface area contributed by atoms with Crippen molar-refractivity contribution in [2.75, 3.05) is 6.54 Å². The fourth-order valence-electron chi connectivity index (χ4n) is 1.97. The molecule has 1 fully saturated rings. The van der Waals surface area contributed by atoms with Gasteiger partial charge in [-0.2, -0.15) is 13.2 Å². The third-order valence-corrected chi connectivity index (χ3v) is 3.17. The van der Waals surface area contributed by atoms with Gasteiger partial charge in [-0.15, -0.1) is 0 Å². The van der Waals surface area contributed by atoms with Crippen LogP contribution in [0.4, 0.5) is 13.2 Å². The molecule has 2 rings (SSSR count). The maximum atomic E-state index is 11.9. The van der Waals surface area contributed by atoms with E-state index in [0.29, 0.717) is 13.1 Å². The number of nitrogens with one attached hydrogen (secondary N) is 1. The number of benzene rings is 1. The molecule has 0 amide bonds. The fraction of sp³-hybridized carbons (Fsp3) is 0.571. The molecule has 0 saturated heterocycles. The minimum atomic E-state index is -4.03. The van der Waals surface area contributed by atoms with E-state index in [1.54, 1.807) is 0 Å². The molecule has 1 aliphatic rings. The van der Waals surface area contributed by atoms with Crippen molar-refractivity contribution in [1.29, 1.82) is 0 Å². The summed E-state index contributed by atoms with van der Waals surface area (Å²) in [4.78, 5) is 0. The van der Waals surface area contributed by atoms with E-state index in [1.807, 2.05) is 0 Å². The van der Waals surface area contributed by atoms with Gasteiger partial charge in [-0.25, -0.2) is 0 Å². The molecule has 1 aliphatic carbocycles. The first-order valence-electron chi connectivity index (χ1n) is 6.41. The van der Waals surface area contributed by atoms with Crippen LogP contribution in [0.2, 0.25) is 0 Å². The van der Waals surface area contributed by atoms with Crippen molar-refractivity contribution >= 4 is 0 Å². The Hall–Kier alpha value is -1.03. The van der Waals surface area contributed by atoms with E-state index in [-0.39, 0.29) is 6.42 Å². The van der Waals surface area contributed by atoms with E-state index in [4.69, 9.17) is 0 Å². The van der Waals surface area contributed by atoms with E-state index >= 15 is 0 Å². The predicted molar refractivity (Wildman–Crippen MR) is 65.4 cm³/mol. The van der Waals surface area contributed by atoms with Gasteiger partial charge in [0.2, 0.25) is 0 Å². The molecule has 1 nitrogen and oxygen atoms in total. The Morgan fingerprint density at radius 3 is 2.33 bits per heavy atom. The van der Waals surface area contributed by atoms with Crippen LogP contribution in [0, 0.1) is 0 Å². The molecule has 0 unspecified atom stereocenters. The number of rotatable bonds is 6. The second-order valence-electron chi connectivity index (χ2n) is 4.91. The smallest absolute Gasteiger partial charge is 0.313 e. The summed E-state index contributed by atoms with van der Waals surface area (Å²) in [6.45, 7) is 1.05. The van der Waals surface area contributed by atoms with Crippen LogP contribution in [0.5, 0.6) is 0 Å². The molecule has 1 N–H and O–H groups in total. The lowest BCUT2D eigenvalue weighted by atomic mass is 10.1. The third-order valence-electron chi connectivity index (χ3n) is 3.17. The van der Waals surface area contributed by atoms with Crippen LogP contribution in [-0.4, -0.2) is 12.7 Å². The Morgan fingerprint density at radius 1 is 1.11 bits per heavy atom. The topological polar surface area (TPSA) is 12.0 Å². The third kappa shape index (κ3) is 4.69. The Bertz CT molecular complexity index is 366. The monoisotopic (exact) mass is 257 g/mol. The summed E-state index contributed by atoms with van der Waals surface area (Å²) in [6.07, 6.45) is -2.03. The van der Waals surface area contributed by atoms with E-state index in [2.05, 4.69) is 29.6 Å². The second-order valence-corrected chi connectivity index (χ2v) is 4.91. The Kier molecular flexibility index (Phi) is 4.27. The highest BCUT2D eigenvalue weighted by Crippen LogP contribution is 2.39. The number of halogens is 3. The van der Waals surface area contributed by atoms with Crippen LogP contribution in [0.15, 0.2) is 24.3 Å². The highest BCUT2D eigenvalue weighted by molar-refractivity contribution is 5.27. The van der Waals surface area contributed by atoms with Crippen LogP contribution in [0.3, 0.4) is 0 Å². The molecule has 1 saturated carbocycles. The molecule has 100 valence electrons. The first-order chi connectivity index (χ1) is 8.54. The zero-order chi connectivity index (χ0) is 13.0. The molecule has 0 atom stereocenters. The molecule has 0 spiro atoms. The van der Waals surface area contributed by atoms with Gasteiger partial charge >= 0.3 is 6.18 Å². The van der Waals surface area contributed by atoms with Gasteiger partial charge in [0, 0.05) is 13.0 Å². The van der Waals surface area contributed by atoms with Crippen molar-refractivity contribution in [1.82, 2.24) is 5.32 Å². The summed E-state index contributed by atoms with van der Waals surface area (Å²) in [5, 5.41) is 3.04. The summed E-state index contributed by atoms with van der Waals surface area (Å²) in [5.41, 5.74) is 2.52. The average molecular weight is 257 g/mol. The van der Waals surface area contributed by atoms with Crippen molar-refractivity contribution < 1.29 is 13.2 Å². The highest BCUT2D eigenvalue weighted by atomic mass is 19.4. The molecule has 1 aromatic rings. The van der Waals surface area contributed by atoms with Crippen molar-refractivity contribution in [3.8, 4) is 0 Å². The molecule has 1 aromatic carbocycles. The summed E-state index contributed by atoms with van der Waals surface area (Å²) >= 11 is 0. The van der Waals surface area contributed by atoms with Crippen molar-refractivity contribution in [3.63, 3.8) is 0 Å². The van der Waals surface area contributed by atoms with Crippen molar-refractivity contribution in [2.45, 2.75) is 44.3 Å². The average Bonchev–Trinajstić information content (AvgIpc) is 3.12. The summed E-state index contributed by atoms with van der Waals surface area (Å²) < 4.78 is 35.7. The Balaban J connectivity index is 1.64. The second kappa shape index (κ2) is 5.74. The molecule has 0 heterocycles. The first kappa shape index (κ1) is 13.4. The van der Waals surface area contributed by atoms with Gasteiger partial charge in [-0.3, -0.25) is 0 Å². The molecular weight excluding hydrogens is 239 g/mol. The molecule has 0 bridgehead atoms. The van der Waals surface area contributed by atoms with E-state index in [0.717, 1.165) is 11.5 Å². The van der Waals surface area contributed by atoms with Crippen LogP contribution < -0.4 is 5.32 Å². The Labute approximate surface area is 105 Å². The largest absolute Gasteiger partial charge is 0.389 e. The fourth-order valence-corrected chi connectivity index (χ4v) is 1.97. The SMILES string of the molecule is FC(F)(F)CCCNCc1ccc(C2CC2)cc1. The van der Waals surface area contributed by atoms with E-state index in [1.165, 1.54) is 18.4 Å². The van der Waals surface area contributed by atoms with Gasteiger partial charge in [0.25, 0.3) is 0 Å². The summed E-state index contributed by atoms with van der Waals surface area (Å²) in [5.74, 6) is 0.749. The molecular formula is C14H18F3N. The molecule has 0 aliphatic heterocycles. The van der Waals surface area contributed by atoms with Gasteiger partial charge in [0.05, 0.1) is 0 Å². The minimum Gasteiger partial charge on any atom is -0.313 e. The lowest BCUT2D eigenvalue weighted by Crippen LogP contribution is -2.17. The molecule has 18 heavy (non-hydrogen) atoms. The number of hydrogen-bond donors (Lipinski definition) is 1. The lowest BCUT2D eigenvalue weighted by Gasteiger charge is -2.08. The highest BCUT2D eigenvalue weighted by Gasteiger charge is 2.25. The summed E-state index contributed by atoms with van der Waals surface area (Å²) in [7, 11) is 0. The molecule has 0 aromatic heterocycles. The van der Waals surface area contributed by atoms with Crippen LogP contribution in [0.1, 0.15) is 42.7 Å². The quantitative estimate of drug-likeness (QED) is 0.760. The zero-order valence-electron chi connectivity index (χ0n) is 10.3. The molecule has 0 radical (unpaired) electrons. The lowest BCUT2D eigenvalue weighted by molar-refractivity contribution is -0.135. The van der Waals surface area contributed by atoms with Gasteiger partial charge in [0.1, 0.15) is 0 Å². The number of alkyl halides is 3. The van der Waals surface area contributed by atoms with E-state index in [9.17, 15) is 13.2 Å². The van der Waals surface area contributed by atoms with Crippen LogP contribution in [-0.2, 0) is 6.54 Å². The number of hydrogen-bond acceptors (Lipinski definition) is 1. The van der Waals surface area contributed by atoms with Gasteiger partial charge in [-0.1, -0.05) is 24.3 Å². The van der Waals surface area contributed by atoms with Gasteiger partial charge < -0.3 is 5.32 Å². The Morgan fingerprint density at radius 2 is 1.78 bits per heavy atom. The minimum absolute atomic E-state index is 0.143. The maximum Gasteiger partial charge on any atom is 0.389 e.